The third kappa shape index (κ3) is 2.33. The average molecular weight is 302 g/mol. The van der Waals surface area contributed by atoms with Crippen LogP contribution in [0.25, 0.3) is 10.8 Å². The van der Waals surface area contributed by atoms with Crippen LogP contribution in [0.2, 0.25) is 0 Å². The summed E-state index contributed by atoms with van der Waals surface area (Å²) in [7, 11) is 1.36. The van der Waals surface area contributed by atoms with Crippen molar-refractivity contribution < 1.29 is 13.9 Å². The number of thiazole rings is 1. The maximum Gasteiger partial charge on any atom is 0.311 e. The first kappa shape index (κ1) is 11.3. The fourth-order valence-electron chi connectivity index (χ4n) is 1.16. The van der Waals surface area contributed by atoms with Crippen molar-refractivity contribution in [3.05, 3.63) is 27.9 Å². The molecule has 0 aromatic carbocycles. The molecule has 0 saturated heterocycles. The molecule has 0 aliphatic rings. The van der Waals surface area contributed by atoms with Crippen molar-refractivity contribution in [2.75, 3.05) is 7.11 Å². The van der Waals surface area contributed by atoms with Gasteiger partial charge in [-0.3, -0.25) is 4.79 Å². The van der Waals surface area contributed by atoms with Crippen molar-refractivity contribution in [1.29, 1.82) is 0 Å². The lowest BCUT2D eigenvalue weighted by Crippen LogP contribution is -2.04. The Morgan fingerprint density at radius 1 is 1.69 bits per heavy atom. The van der Waals surface area contributed by atoms with E-state index < -0.39 is 0 Å². The summed E-state index contributed by atoms with van der Waals surface area (Å²) in [4.78, 5) is 15.3. The molecule has 4 nitrogen and oxygen atoms in total. The number of carbonyl (C=O) groups is 1. The van der Waals surface area contributed by atoms with Gasteiger partial charge >= 0.3 is 5.97 Å². The van der Waals surface area contributed by atoms with Crippen molar-refractivity contribution in [1.82, 2.24) is 4.98 Å². The van der Waals surface area contributed by atoms with E-state index in [1.54, 1.807) is 12.3 Å². The van der Waals surface area contributed by atoms with Crippen LogP contribution < -0.4 is 0 Å². The second-order valence-electron chi connectivity index (χ2n) is 2.99. The number of hydrogen-bond acceptors (Lipinski definition) is 5. The van der Waals surface area contributed by atoms with E-state index in [-0.39, 0.29) is 12.4 Å². The highest BCUT2D eigenvalue weighted by molar-refractivity contribution is 9.10. The number of aromatic nitrogens is 1. The molecule has 0 N–H and O–H groups in total. The van der Waals surface area contributed by atoms with Crippen LogP contribution in [0.1, 0.15) is 5.69 Å². The highest BCUT2D eigenvalue weighted by atomic mass is 79.9. The van der Waals surface area contributed by atoms with E-state index in [2.05, 4.69) is 25.7 Å². The molecule has 0 aliphatic heterocycles. The second kappa shape index (κ2) is 4.80. The number of carbonyl (C=O) groups excluding carboxylic acids is 1. The lowest BCUT2D eigenvalue weighted by Gasteiger charge is -1.94. The fraction of sp³-hybridized carbons (Fsp3) is 0.200. The van der Waals surface area contributed by atoms with Crippen LogP contribution >= 0.6 is 27.3 Å². The van der Waals surface area contributed by atoms with Crippen molar-refractivity contribution in [2.24, 2.45) is 0 Å². The van der Waals surface area contributed by atoms with Gasteiger partial charge in [0.2, 0.25) is 0 Å². The van der Waals surface area contributed by atoms with E-state index in [1.807, 2.05) is 5.38 Å². The largest absolute Gasteiger partial charge is 0.469 e. The van der Waals surface area contributed by atoms with Crippen LogP contribution in [0.15, 0.2) is 26.6 Å². The SMILES string of the molecule is COC(=O)Cc1csc(-c2occc2Br)n1. The molecule has 0 saturated carbocycles. The summed E-state index contributed by atoms with van der Waals surface area (Å²) in [5.74, 6) is 0.386. The highest BCUT2D eigenvalue weighted by Gasteiger charge is 2.13. The molecule has 2 heterocycles. The highest BCUT2D eigenvalue weighted by Crippen LogP contribution is 2.31. The molecule has 0 fully saturated rings. The van der Waals surface area contributed by atoms with Crippen LogP contribution in [0, 0.1) is 0 Å². The summed E-state index contributed by atoms with van der Waals surface area (Å²) < 4.78 is 10.7. The van der Waals surface area contributed by atoms with Gasteiger partial charge in [0.25, 0.3) is 0 Å². The summed E-state index contributed by atoms with van der Waals surface area (Å²) in [6, 6.07) is 1.80. The van der Waals surface area contributed by atoms with Gasteiger partial charge in [-0.15, -0.1) is 11.3 Å². The maximum atomic E-state index is 11.1. The molecule has 2 rings (SSSR count). The van der Waals surface area contributed by atoms with Gasteiger partial charge in [0.05, 0.1) is 30.0 Å². The lowest BCUT2D eigenvalue weighted by molar-refractivity contribution is -0.139. The van der Waals surface area contributed by atoms with E-state index >= 15 is 0 Å². The molecule has 0 amide bonds. The monoisotopic (exact) mass is 301 g/mol. The molecule has 0 unspecified atom stereocenters. The van der Waals surface area contributed by atoms with Gasteiger partial charge in [-0.25, -0.2) is 4.98 Å². The number of nitrogens with zero attached hydrogens (tertiary/aromatic N) is 1. The van der Waals surface area contributed by atoms with Gasteiger partial charge in [-0.2, -0.15) is 0 Å². The third-order valence-corrected chi connectivity index (χ3v) is 3.43. The Morgan fingerprint density at radius 3 is 3.12 bits per heavy atom. The van der Waals surface area contributed by atoms with Gasteiger partial charge in [0, 0.05) is 5.38 Å². The van der Waals surface area contributed by atoms with Crippen LogP contribution in [-0.4, -0.2) is 18.1 Å². The van der Waals surface area contributed by atoms with E-state index in [9.17, 15) is 4.79 Å². The molecular formula is C10H8BrNO3S. The Bertz CT molecular complexity index is 506. The molecule has 16 heavy (non-hydrogen) atoms. The Labute approximate surface area is 104 Å². The molecule has 0 radical (unpaired) electrons. The van der Waals surface area contributed by atoms with Gasteiger partial charge in [0.15, 0.2) is 10.8 Å². The maximum absolute atomic E-state index is 11.1. The molecule has 0 aliphatic carbocycles. The second-order valence-corrected chi connectivity index (χ2v) is 4.71. The minimum Gasteiger partial charge on any atom is -0.469 e. The number of hydrogen-bond donors (Lipinski definition) is 0. The van der Waals surface area contributed by atoms with Gasteiger partial charge in [-0.05, 0) is 22.0 Å². The quantitative estimate of drug-likeness (QED) is 0.818. The van der Waals surface area contributed by atoms with E-state index in [0.29, 0.717) is 11.5 Å². The smallest absolute Gasteiger partial charge is 0.311 e. The molecule has 84 valence electrons. The lowest BCUT2D eigenvalue weighted by atomic mass is 10.3. The fourth-order valence-corrected chi connectivity index (χ4v) is 2.50. The standard InChI is InChI=1S/C10H8BrNO3S/c1-14-8(13)4-6-5-16-10(12-6)9-7(11)2-3-15-9/h2-3,5H,4H2,1H3. The number of furan rings is 1. The molecule has 2 aromatic heterocycles. The zero-order valence-electron chi connectivity index (χ0n) is 8.40. The topological polar surface area (TPSA) is 52.3 Å². The van der Waals surface area contributed by atoms with Crippen molar-refractivity contribution >= 4 is 33.2 Å². The zero-order chi connectivity index (χ0) is 11.5. The van der Waals surface area contributed by atoms with E-state index in [0.717, 1.165) is 9.48 Å². The third-order valence-electron chi connectivity index (χ3n) is 1.92. The van der Waals surface area contributed by atoms with Gasteiger partial charge in [-0.1, -0.05) is 0 Å². The van der Waals surface area contributed by atoms with Crippen LogP contribution in [-0.2, 0) is 16.0 Å². The van der Waals surface area contributed by atoms with E-state index in [1.165, 1.54) is 18.4 Å². The minimum absolute atomic E-state index is 0.186. The molecule has 0 bridgehead atoms. The summed E-state index contributed by atoms with van der Waals surface area (Å²) >= 11 is 4.79. The predicted octanol–water partition coefficient (Wildman–Crippen LogP) is 2.88. The number of methoxy groups -OCH3 is 1. The van der Waals surface area contributed by atoms with Crippen LogP contribution in [0.5, 0.6) is 0 Å². The zero-order valence-corrected chi connectivity index (χ0v) is 10.8. The minimum atomic E-state index is -0.296. The van der Waals surface area contributed by atoms with Gasteiger partial charge < -0.3 is 9.15 Å². The Kier molecular flexibility index (Phi) is 3.40. The number of esters is 1. The Balaban J connectivity index is 2.20. The molecule has 0 spiro atoms. The summed E-state index contributed by atoms with van der Waals surface area (Å²) in [6.45, 7) is 0. The predicted molar refractivity (Wildman–Crippen MR) is 63.2 cm³/mol. The molecule has 6 heteroatoms. The van der Waals surface area contributed by atoms with Crippen molar-refractivity contribution in [3.8, 4) is 10.8 Å². The number of ether oxygens (including phenoxy) is 1. The van der Waals surface area contributed by atoms with Crippen molar-refractivity contribution in [3.63, 3.8) is 0 Å². The van der Waals surface area contributed by atoms with Crippen molar-refractivity contribution in [2.45, 2.75) is 6.42 Å². The number of rotatable bonds is 3. The van der Waals surface area contributed by atoms with Gasteiger partial charge in [0.1, 0.15) is 0 Å². The molecular weight excluding hydrogens is 294 g/mol. The van der Waals surface area contributed by atoms with Crippen LogP contribution in [0.3, 0.4) is 0 Å². The Hall–Kier alpha value is -1.14. The van der Waals surface area contributed by atoms with Crippen LogP contribution in [0.4, 0.5) is 0 Å². The molecule has 2 aromatic rings. The Morgan fingerprint density at radius 2 is 2.50 bits per heavy atom. The number of halogens is 1. The first-order valence-electron chi connectivity index (χ1n) is 4.45. The molecule has 0 atom stereocenters. The summed E-state index contributed by atoms with van der Waals surface area (Å²) in [5, 5.41) is 2.57. The summed E-state index contributed by atoms with van der Waals surface area (Å²) in [6.07, 6.45) is 1.77. The average Bonchev–Trinajstić information content (AvgIpc) is 2.86. The van der Waals surface area contributed by atoms with E-state index in [4.69, 9.17) is 4.42 Å². The normalized spacial score (nSPS) is 10.4. The first-order chi connectivity index (χ1) is 7.70. The first-order valence-corrected chi connectivity index (χ1v) is 6.12. The summed E-state index contributed by atoms with van der Waals surface area (Å²) in [5.41, 5.74) is 0.690.